The average molecular weight is 242 g/mol. The smallest absolute Gasteiger partial charge is 0.254 e. The topological polar surface area (TPSA) is 86.9 Å². The van der Waals surface area contributed by atoms with Gasteiger partial charge in [-0.2, -0.15) is 5.10 Å². The van der Waals surface area contributed by atoms with Gasteiger partial charge < -0.3 is 10.2 Å². The van der Waals surface area contributed by atoms with E-state index in [2.05, 4.69) is 10.1 Å². The van der Waals surface area contributed by atoms with Crippen LogP contribution in [0.4, 0.5) is 0 Å². The molecule has 0 radical (unpaired) electrons. The van der Waals surface area contributed by atoms with Gasteiger partial charge in [0.05, 0.1) is 6.20 Å². The first-order valence-corrected chi connectivity index (χ1v) is 5.31. The van der Waals surface area contributed by atoms with Crippen LogP contribution in [0.25, 0.3) is 22.2 Å². The predicted octanol–water partition coefficient (Wildman–Crippen LogP) is 1.33. The Kier molecular flexibility index (Phi) is 2.16. The van der Waals surface area contributed by atoms with Crippen LogP contribution in [0.2, 0.25) is 0 Å². The van der Waals surface area contributed by atoms with Gasteiger partial charge in [0, 0.05) is 30.6 Å². The first-order chi connectivity index (χ1) is 8.65. The van der Waals surface area contributed by atoms with Gasteiger partial charge in [-0.25, -0.2) is 0 Å². The van der Waals surface area contributed by atoms with E-state index in [1.54, 1.807) is 17.1 Å². The summed E-state index contributed by atoms with van der Waals surface area (Å²) in [4.78, 5) is 15.4. The molecule has 0 saturated carbocycles. The van der Waals surface area contributed by atoms with Crippen molar-refractivity contribution in [2.45, 2.75) is 0 Å². The molecular weight excluding hydrogens is 232 g/mol. The molecule has 0 fully saturated rings. The Morgan fingerprint density at radius 2 is 2.22 bits per heavy atom. The van der Waals surface area contributed by atoms with Gasteiger partial charge in [-0.05, 0) is 6.07 Å². The zero-order chi connectivity index (χ0) is 12.7. The highest BCUT2D eigenvalue weighted by atomic mass is 16.3. The second kappa shape index (κ2) is 3.69. The number of pyridine rings is 1. The lowest BCUT2D eigenvalue weighted by atomic mass is 10.1. The maximum absolute atomic E-state index is 11.1. The molecule has 6 nitrogen and oxygen atoms in total. The van der Waals surface area contributed by atoms with Crippen molar-refractivity contribution < 1.29 is 9.21 Å². The summed E-state index contributed by atoms with van der Waals surface area (Å²) in [6, 6.07) is 1.81. The molecule has 0 aliphatic heterocycles. The van der Waals surface area contributed by atoms with Crippen LogP contribution in [0.15, 0.2) is 35.3 Å². The van der Waals surface area contributed by atoms with E-state index < -0.39 is 5.91 Å². The highest BCUT2D eigenvalue weighted by Crippen LogP contribution is 2.24. The zero-order valence-corrected chi connectivity index (χ0v) is 9.62. The number of amides is 1. The number of furan rings is 1. The monoisotopic (exact) mass is 242 g/mol. The highest BCUT2D eigenvalue weighted by molar-refractivity contribution is 6.03. The van der Waals surface area contributed by atoms with Gasteiger partial charge in [0.25, 0.3) is 5.91 Å². The van der Waals surface area contributed by atoms with Crippen molar-refractivity contribution in [3.63, 3.8) is 0 Å². The Labute approximate surface area is 102 Å². The van der Waals surface area contributed by atoms with Crippen LogP contribution in [0, 0.1) is 0 Å². The number of aromatic nitrogens is 3. The number of primary amides is 1. The van der Waals surface area contributed by atoms with E-state index in [1.807, 2.05) is 19.3 Å². The summed E-state index contributed by atoms with van der Waals surface area (Å²) in [5.41, 5.74) is 8.34. The first kappa shape index (κ1) is 10.5. The Morgan fingerprint density at radius 3 is 2.89 bits per heavy atom. The highest BCUT2D eigenvalue weighted by Gasteiger charge is 2.13. The Balaban J connectivity index is 2.15. The van der Waals surface area contributed by atoms with Crippen molar-refractivity contribution in [3.05, 3.63) is 36.5 Å². The Morgan fingerprint density at radius 1 is 1.39 bits per heavy atom. The normalized spacial score (nSPS) is 10.9. The van der Waals surface area contributed by atoms with Crippen LogP contribution in [0.5, 0.6) is 0 Å². The predicted molar refractivity (Wildman–Crippen MR) is 64.7 cm³/mol. The summed E-state index contributed by atoms with van der Waals surface area (Å²) in [6.07, 6.45) is 6.61. The maximum Gasteiger partial charge on any atom is 0.254 e. The van der Waals surface area contributed by atoms with Crippen LogP contribution < -0.4 is 5.73 Å². The molecule has 0 saturated heterocycles. The fourth-order valence-electron chi connectivity index (χ4n) is 1.82. The van der Waals surface area contributed by atoms with Gasteiger partial charge in [-0.3, -0.25) is 14.5 Å². The van der Waals surface area contributed by atoms with Gasteiger partial charge in [-0.15, -0.1) is 0 Å². The summed E-state index contributed by atoms with van der Waals surface area (Å²) in [5.74, 6) is -0.546. The molecule has 2 N–H and O–H groups in total. The fraction of sp³-hybridized carbons (Fsp3) is 0.0833. The number of rotatable bonds is 2. The molecule has 0 unspecified atom stereocenters. The van der Waals surface area contributed by atoms with E-state index in [1.165, 1.54) is 6.26 Å². The summed E-state index contributed by atoms with van der Waals surface area (Å²) < 4.78 is 6.99. The lowest BCUT2D eigenvalue weighted by molar-refractivity contribution is 0.100. The van der Waals surface area contributed by atoms with E-state index in [4.69, 9.17) is 10.2 Å². The van der Waals surface area contributed by atoms with Gasteiger partial charge in [0.1, 0.15) is 17.3 Å². The molecule has 0 spiro atoms. The standard InChI is InChI=1S/C12H10N4O2/c1-16-5-8(4-15-16)7-2-10-11(14-3-7)9(6-18-10)12(13)17/h2-6H,1H3,(H2,13,17). The van der Waals surface area contributed by atoms with Crippen molar-refractivity contribution in [2.75, 3.05) is 0 Å². The third-order valence-corrected chi connectivity index (χ3v) is 2.72. The minimum absolute atomic E-state index is 0.294. The molecule has 1 amide bonds. The van der Waals surface area contributed by atoms with E-state index in [0.717, 1.165) is 11.1 Å². The molecule has 0 bridgehead atoms. The Bertz CT molecular complexity index is 741. The minimum atomic E-state index is -0.546. The molecule has 90 valence electrons. The van der Waals surface area contributed by atoms with E-state index in [9.17, 15) is 4.79 Å². The molecule has 0 aromatic carbocycles. The van der Waals surface area contributed by atoms with Crippen LogP contribution in [0.3, 0.4) is 0 Å². The summed E-state index contributed by atoms with van der Waals surface area (Å²) in [6.45, 7) is 0. The van der Waals surface area contributed by atoms with E-state index in [0.29, 0.717) is 16.7 Å². The first-order valence-electron chi connectivity index (χ1n) is 5.31. The van der Waals surface area contributed by atoms with Gasteiger partial charge in [0.15, 0.2) is 5.58 Å². The summed E-state index contributed by atoms with van der Waals surface area (Å²) in [7, 11) is 1.84. The molecule has 0 aliphatic rings. The SMILES string of the molecule is Cn1cc(-c2cnc3c(C(N)=O)coc3c2)cn1. The largest absolute Gasteiger partial charge is 0.462 e. The number of carbonyl (C=O) groups is 1. The second-order valence-electron chi connectivity index (χ2n) is 3.99. The average Bonchev–Trinajstić information content (AvgIpc) is 2.93. The van der Waals surface area contributed by atoms with Crippen molar-refractivity contribution >= 4 is 17.0 Å². The number of nitrogens with two attached hydrogens (primary N) is 1. The molecule has 0 atom stereocenters. The molecule has 0 aliphatic carbocycles. The number of aryl methyl sites for hydroxylation is 1. The number of nitrogens with zero attached hydrogens (tertiary/aromatic N) is 3. The fourth-order valence-corrected chi connectivity index (χ4v) is 1.82. The summed E-state index contributed by atoms with van der Waals surface area (Å²) >= 11 is 0. The van der Waals surface area contributed by atoms with Crippen molar-refractivity contribution in [2.24, 2.45) is 12.8 Å². The molecule has 3 aromatic heterocycles. The van der Waals surface area contributed by atoms with Crippen molar-refractivity contribution in [3.8, 4) is 11.1 Å². The molecule has 18 heavy (non-hydrogen) atoms. The molecule has 3 heterocycles. The molecule has 3 rings (SSSR count). The van der Waals surface area contributed by atoms with Crippen molar-refractivity contribution in [1.29, 1.82) is 0 Å². The third kappa shape index (κ3) is 1.55. The van der Waals surface area contributed by atoms with Crippen molar-refractivity contribution in [1.82, 2.24) is 14.8 Å². The van der Waals surface area contributed by atoms with Gasteiger partial charge in [-0.1, -0.05) is 0 Å². The van der Waals surface area contributed by atoms with Crippen LogP contribution in [-0.4, -0.2) is 20.7 Å². The van der Waals surface area contributed by atoms with Crippen LogP contribution in [0.1, 0.15) is 10.4 Å². The number of hydrogen-bond acceptors (Lipinski definition) is 4. The lowest BCUT2D eigenvalue weighted by Gasteiger charge is -1.96. The number of carbonyl (C=O) groups excluding carboxylic acids is 1. The lowest BCUT2D eigenvalue weighted by Crippen LogP contribution is -2.10. The van der Waals surface area contributed by atoms with Crippen LogP contribution in [-0.2, 0) is 7.05 Å². The molecule has 3 aromatic rings. The molecule has 6 heteroatoms. The number of fused-ring (bicyclic) bond motifs is 1. The zero-order valence-electron chi connectivity index (χ0n) is 9.62. The summed E-state index contributed by atoms with van der Waals surface area (Å²) in [5, 5.41) is 4.09. The van der Waals surface area contributed by atoms with Gasteiger partial charge in [0.2, 0.25) is 0 Å². The third-order valence-electron chi connectivity index (χ3n) is 2.72. The molecular formula is C12H10N4O2. The van der Waals surface area contributed by atoms with E-state index >= 15 is 0 Å². The second-order valence-corrected chi connectivity index (χ2v) is 3.99. The quantitative estimate of drug-likeness (QED) is 0.734. The minimum Gasteiger partial charge on any atom is -0.462 e. The number of hydrogen-bond donors (Lipinski definition) is 1. The van der Waals surface area contributed by atoms with E-state index in [-0.39, 0.29) is 0 Å². The Hall–Kier alpha value is -2.63. The van der Waals surface area contributed by atoms with Crippen LogP contribution >= 0.6 is 0 Å². The maximum atomic E-state index is 11.1. The van der Waals surface area contributed by atoms with Gasteiger partial charge >= 0.3 is 0 Å².